The number of hydrogen-bond acceptors (Lipinski definition) is 2. The van der Waals surface area contributed by atoms with Crippen LogP contribution in [0, 0.1) is 0 Å². The SMILES string of the molecule is CC/C(C)=C(/C)C(=O)OC. The summed E-state index contributed by atoms with van der Waals surface area (Å²) in [6, 6.07) is 0. The fourth-order valence-electron chi connectivity index (χ4n) is 0.592. The summed E-state index contributed by atoms with van der Waals surface area (Å²) in [5.74, 6) is -0.223. The molecular formula is C8H14O2. The van der Waals surface area contributed by atoms with E-state index in [0.717, 1.165) is 17.6 Å². The highest BCUT2D eigenvalue weighted by Crippen LogP contribution is 2.07. The first-order chi connectivity index (χ1) is 4.63. The lowest BCUT2D eigenvalue weighted by Crippen LogP contribution is -2.03. The molecule has 2 heteroatoms. The van der Waals surface area contributed by atoms with Crippen molar-refractivity contribution in [1.29, 1.82) is 0 Å². The first-order valence-corrected chi connectivity index (χ1v) is 3.38. The predicted octanol–water partition coefficient (Wildman–Crippen LogP) is 1.91. The molecule has 0 aromatic rings. The summed E-state index contributed by atoms with van der Waals surface area (Å²) in [5.41, 5.74) is 1.82. The molecule has 0 heterocycles. The van der Waals surface area contributed by atoms with Crippen LogP contribution in [0.15, 0.2) is 11.1 Å². The lowest BCUT2D eigenvalue weighted by atomic mass is 10.1. The molecule has 0 rings (SSSR count). The number of carbonyl (C=O) groups is 1. The van der Waals surface area contributed by atoms with E-state index in [9.17, 15) is 4.79 Å². The van der Waals surface area contributed by atoms with Gasteiger partial charge in [0, 0.05) is 5.57 Å². The van der Waals surface area contributed by atoms with Gasteiger partial charge in [0.1, 0.15) is 0 Å². The van der Waals surface area contributed by atoms with Crippen LogP contribution in [0.2, 0.25) is 0 Å². The van der Waals surface area contributed by atoms with Gasteiger partial charge in [-0.15, -0.1) is 0 Å². The highest BCUT2D eigenvalue weighted by Gasteiger charge is 2.04. The summed E-state index contributed by atoms with van der Waals surface area (Å²) in [5, 5.41) is 0. The van der Waals surface area contributed by atoms with Gasteiger partial charge in [-0.05, 0) is 20.3 Å². The predicted molar refractivity (Wildman–Crippen MR) is 40.7 cm³/mol. The van der Waals surface area contributed by atoms with Gasteiger partial charge < -0.3 is 4.74 Å². The molecule has 0 aliphatic carbocycles. The van der Waals surface area contributed by atoms with Gasteiger partial charge in [-0.25, -0.2) is 4.79 Å². The maximum Gasteiger partial charge on any atom is 0.333 e. The standard InChI is InChI=1S/C8H14O2/c1-5-6(2)7(3)8(9)10-4/h5H2,1-4H3/b7-6-. The zero-order valence-electron chi connectivity index (χ0n) is 7.02. The summed E-state index contributed by atoms with van der Waals surface area (Å²) in [6.45, 7) is 5.73. The number of methoxy groups -OCH3 is 1. The molecule has 58 valence electrons. The van der Waals surface area contributed by atoms with E-state index in [1.807, 2.05) is 13.8 Å². The molecule has 0 spiro atoms. The van der Waals surface area contributed by atoms with Crippen molar-refractivity contribution in [2.45, 2.75) is 27.2 Å². The van der Waals surface area contributed by atoms with Crippen LogP contribution in [0.5, 0.6) is 0 Å². The van der Waals surface area contributed by atoms with Crippen molar-refractivity contribution in [1.82, 2.24) is 0 Å². The number of hydrogen-bond donors (Lipinski definition) is 0. The Kier molecular flexibility index (Phi) is 3.77. The Bertz CT molecular complexity index is 157. The van der Waals surface area contributed by atoms with Crippen LogP contribution in [-0.2, 0) is 9.53 Å². The number of ether oxygens (including phenoxy) is 1. The minimum Gasteiger partial charge on any atom is -0.466 e. The van der Waals surface area contributed by atoms with E-state index in [4.69, 9.17) is 0 Å². The fourth-order valence-corrected chi connectivity index (χ4v) is 0.592. The Labute approximate surface area is 61.9 Å². The summed E-state index contributed by atoms with van der Waals surface area (Å²) < 4.78 is 4.54. The second-order valence-electron chi connectivity index (χ2n) is 2.25. The maximum absolute atomic E-state index is 10.8. The molecule has 10 heavy (non-hydrogen) atoms. The van der Waals surface area contributed by atoms with Crippen molar-refractivity contribution in [2.24, 2.45) is 0 Å². The minimum absolute atomic E-state index is 0.223. The second-order valence-corrected chi connectivity index (χ2v) is 2.25. The number of carbonyl (C=O) groups excluding carboxylic acids is 1. The molecule has 0 unspecified atom stereocenters. The Balaban J connectivity index is 4.30. The normalized spacial score (nSPS) is 12.4. The van der Waals surface area contributed by atoms with Gasteiger partial charge in [0.25, 0.3) is 0 Å². The Morgan fingerprint density at radius 2 is 1.90 bits per heavy atom. The van der Waals surface area contributed by atoms with E-state index in [1.54, 1.807) is 6.92 Å². The zero-order chi connectivity index (χ0) is 8.15. The molecule has 0 saturated heterocycles. The summed E-state index contributed by atoms with van der Waals surface area (Å²) in [4.78, 5) is 10.8. The van der Waals surface area contributed by atoms with Crippen molar-refractivity contribution >= 4 is 5.97 Å². The smallest absolute Gasteiger partial charge is 0.333 e. The summed E-state index contributed by atoms with van der Waals surface area (Å²) in [7, 11) is 1.40. The van der Waals surface area contributed by atoms with E-state index in [-0.39, 0.29) is 5.97 Å². The topological polar surface area (TPSA) is 26.3 Å². The van der Waals surface area contributed by atoms with Gasteiger partial charge in [-0.2, -0.15) is 0 Å². The third kappa shape index (κ3) is 2.21. The Hall–Kier alpha value is -0.790. The highest BCUT2D eigenvalue weighted by molar-refractivity contribution is 5.88. The molecule has 0 radical (unpaired) electrons. The van der Waals surface area contributed by atoms with E-state index in [1.165, 1.54) is 7.11 Å². The van der Waals surface area contributed by atoms with Crippen LogP contribution in [0.4, 0.5) is 0 Å². The average molecular weight is 142 g/mol. The van der Waals surface area contributed by atoms with Crippen LogP contribution in [-0.4, -0.2) is 13.1 Å². The quantitative estimate of drug-likeness (QED) is 0.435. The average Bonchev–Trinajstić information content (AvgIpc) is 2.00. The molecule has 0 N–H and O–H groups in total. The van der Waals surface area contributed by atoms with Crippen LogP contribution >= 0.6 is 0 Å². The van der Waals surface area contributed by atoms with Gasteiger partial charge in [-0.3, -0.25) is 0 Å². The minimum atomic E-state index is -0.223. The summed E-state index contributed by atoms with van der Waals surface area (Å²) in [6.07, 6.45) is 0.904. The van der Waals surface area contributed by atoms with Gasteiger partial charge in [0.2, 0.25) is 0 Å². The van der Waals surface area contributed by atoms with Crippen molar-refractivity contribution in [3.05, 3.63) is 11.1 Å². The summed E-state index contributed by atoms with van der Waals surface area (Å²) >= 11 is 0. The van der Waals surface area contributed by atoms with E-state index >= 15 is 0 Å². The second kappa shape index (κ2) is 4.09. The molecule has 2 nitrogen and oxygen atoms in total. The zero-order valence-corrected chi connectivity index (χ0v) is 7.02. The van der Waals surface area contributed by atoms with Crippen molar-refractivity contribution in [3.63, 3.8) is 0 Å². The molecule has 0 saturated carbocycles. The van der Waals surface area contributed by atoms with Crippen LogP contribution < -0.4 is 0 Å². The molecule has 0 aliphatic rings. The molecule has 0 amide bonds. The monoisotopic (exact) mass is 142 g/mol. The van der Waals surface area contributed by atoms with Crippen molar-refractivity contribution in [2.75, 3.05) is 7.11 Å². The van der Waals surface area contributed by atoms with Crippen molar-refractivity contribution in [3.8, 4) is 0 Å². The molecular weight excluding hydrogens is 128 g/mol. The highest BCUT2D eigenvalue weighted by atomic mass is 16.5. The van der Waals surface area contributed by atoms with E-state index < -0.39 is 0 Å². The van der Waals surface area contributed by atoms with Gasteiger partial charge in [-0.1, -0.05) is 12.5 Å². The molecule has 0 aromatic heterocycles. The van der Waals surface area contributed by atoms with E-state index in [0.29, 0.717) is 0 Å². The number of esters is 1. The molecule has 0 aromatic carbocycles. The van der Waals surface area contributed by atoms with Gasteiger partial charge in [0.05, 0.1) is 7.11 Å². The largest absolute Gasteiger partial charge is 0.466 e. The Morgan fingerprint density at radius 1 is 1.40 bits per heavy atom. The molecule has 0 aliphatic heterocycles. The third-order valence-electron chi connectivity index (χ3n) is 1.66. The molecule has 0 atom stereocenters. The first-order valence-electron chi connectivity index (χ1n) is 3.38. The third-order valence-corrected chi connectivity index (χ3v) is 1.66. The van der Waals surface area contributed by atoms with E-state index in [2.05, 4.69) is 4.74 Å². The number of allylic oxidation sites excluding steroid dienone is 1. The molecule has 0 bridgehead atoms. The van der Waals surface area contributed by atoms with Gasteiger partial charge >= 0.3 is 5.97 Å². The van der Waals surface area contributed by atoms with Crippen LogP contribution in [0.25, 0.3) is 0 Å². The Morgan fingerprint density at radius 3 is 2.20 bits per heavy atom. The van der Waals surface area contributed by atoms with Crippen LogP contribution in [0.1, 0.15) is 27.2 Å². The lowest BCUT2D eigenvalue weighted by Gasteiger charge is -2.01. The van der Waals surface area contributed by atoms with Gasteiger partial charge in [0.15, 0.2) is 0 Å². The van der Waals surface area contributed by atoms with Crippen molar-refractivity contribution < 1.29 is 9.53 Å². The lowest BCUT2D eigenvalue weighted by molar-refractivity contribution is -0.136. The maximum atomic E-state index is 10.8. The number of rotatable bonds is 2. The van der Waals surface area contributed by atoms with Crippen LogP contribution in [0.3, 0.4) is 0 Å². The fraction of sp³-hybridized carbons (Fsp3) is 0.625. The molecule has 0 fully saturated rings. The first kappa shape index (κ1) is 9.21.